The molecule has 1 N–H and O–H groups in total. The Bertz CT molecular complexity index is 1250. The minimum absolute atomic E-state index is 0. The van der Waals surface area contributed by atoms with Crippen LogP contribution in [0.25, 0.3) is 11.7 Å². The maximum atomic E-state index is 12.9. The monoisotopic (exact) mass is 531 g/mol. The van der Waals surface area contributed by atoms with Crippen molar-refractivity contribution in [2.24, 2.45) is 0 Å². The highest BCUT2D eigenvalue weighted by Crippen LogP contribution is 2.34. The van der Waals surface area contributed by atoms with Crippen molar-refractivity contribution < 1.29 is 9.53 Å². The number of para-hydroxylation sites is 1. The van der Waals surface area contributed by atoms with Crippen molar-refractivity contribution in [1.82, 2.24) is 19.6 Å². The van der Waals surface area contributed by atoms with Crippen LogP contribution in [0, 0.1) is 11.3 Å². The van der Waals surface area contributed by atoms with Gasteiger partial charge in [-0.2, -0.15) is 5.26 Å². The Kier molecular flexibility index (Phi) is 9.47. The van der Waals surface area contributed by atoms with Crippen LogP contribution in [0.5, 0.6) is 5.75 Å². The van der Waals surface area contributed by atoms with E-state index in [4.69, 9.17) is 10.00 Å². The number of nitrogens with zero attached hydrogens (tertiary/aromatic N) is 4. The summed E-state index contributed by atoms with van der Waals surface area (Å²) in [6.45, 7) is 3.45. The van der Waals surface area contributed by atoms with Gasteiger partial charge in [0.05, 0.1) is 34.0 Å². The van der Waals surface area contributed by atoms with Gasteiger partial charge in [0.15, 0.2) is 0 Å². The van der Waals surface area contributed by atoms with Gasteiger partial charge in [0.1, 0.15) is 17.5 Å². The molecule has 4 heterocycles. The zero-order valence-electron chi connectivity index (χ0n) is 19.1. The topological polar surface area (TPSA) is 82.7 Å². The number of imidazole rings is 1. The molecule has 2 aliphatic heterocycles. The van der Waals surface area contributed by atoms with Gasteiger partial charge in [-0.3, -0.25) is 9.20 Å². The lowest BCUT2D eigenvalue weighted by atomic mass is 10.0. The molecule has 0 atom stereocenters. The molecule has 2 aromatic heterocycles. The number of carbonyl (C=O) groups excluding carboxylic acids is 1. The number of rotatable bonds is 7. The number of nitriles is 1. The molecule has 7 nitrogen and oxygen atoms in total. The van der Waals surface area contributed by atoms with Gasteiger partial charge in [-0.1, -0.05) is 30.0 Å². The van der Waals surface area contributed by atoms with Gasteiger partial charge in [-0.05, 0) is 49.6 Å². The lowest BCUT2D eigenvalue weighted by Crippen LogP contribution is -2.45. The molecule has 3 aromatic rings. The minimum Gasteiger partial charge on any atom is -0.492 e. The van der Waals surface area contributed by atoms with E-state index in [0.29, 0.717) is 22.8 Å². The van der Waals surface area contributed by atoms with Crippen molar-refractivity contribution in [3.63, 3.8) is 0 Å². The first-order valence-electron chi connectivity index (χ1n) is 11.2. The SMILES string of the molecule is Cl.Cl.N#Cc1ccccc1OCCCN1CCC(NC(=O)C2=Cc3cnc4cccc(n34)S2)CC1. The van der Waals surface area contributed by atoms with E-state index in [1.165, 1.54) is 11.8 Å². The Balaban J connectivity index is 0.00000171. The second kappa shape index (κ2) is 12.3. The van der Waals surface area contributed by atoms with E-state index < -0.39 is 0 Å². The van der Waals surface area contributed by atoms with E-state index in [-0.39, 0.29) is 36.8 Å². The minimum atomic E-state index is -0.00698. The fourth-order valence-corrected chi connectivity index (χ4v) is 5.30. The summed E-state index contributed by atoms with van der Waals surface area (Å²) in [7, 11) is 0. The third-order valence-corrected chi connectivity index (χ3v) is 7.10. The average Bonchev–Trinajstić information content (AvgIpc) is 3.27. The molecule has 0 bridgehead atoms. The summed E-state index contributed by atoms with van der Waals surface area (Å²) < 4.78 is 7.85. The number of thioether (sulfide) groups is 1. The number of hydrogen-bond acceptors (Lipinski definition) is 6. The van der Waals surface area contributed by atoms with E-state index >= 15 is 0 Å². The van der Waals surface area contributed by atoms with E-state index in [0.717, 1.165) is 55.3 Å². The van der Waals surface area contributed by atoms with Crippen LogP contribution in [-0.4, -0.2) is 52.5 Å². The number of amides is 1. The highest BCUT2D eigenvalue weighted by atomic mass is 35.5. The van der Waals surface area contributed by atoms with Gasteiger partial charge < -0.3 is 15.0 Å². The second-order valence-electron chi connectivity index (χ2n) is 8.25. The molecular formula is C25H27Cl2N5O2S. The predicted molar refractivity (Wildman–Crippen MR) is 142 cm³/mol. The molecule has 2 aliphatic rings. The molecule has 1 fully saturated rings. The van der Waals surface area contributed by atoms with E-state index in [9.17, 15) is 4.79 Å². The van der Waals surface area contributed by atoms with Crippen LogP contribution in [0.15, 0.2) is 58.6 Å². The van der Waals surface area contributed by atoms with Crippen molar-refractivity contribution in [2.45, 2.75) is 30.3 Å². The Hall–Kier alpha value is -2.70. The number of aromatic nitrogens is 2. The highest BCUT2D eigenvalue weighted by molar-refractivity contribution is 8.04. The van der Waals surface area contributed by atoms with Gasteiger partial charge >= 0.3 is 0 Å². The number of pyridine rings is 1. The zero-order chi connectivity index (χ0) is 22.6. The summed E-state index contributed by atoms with van der Waals surface area (Å²) in [6, 6.07) is 15.6. The van der Waals surface area contributed by atoms with Crippen molar-refractivity contribution in [2.75, 3.05) is 26.2 Å². The number of ether oxygens (including phenoxy) is 1. The smallest absolute Gasteiger partial charge is 0.258 e. The number of benzene rings is 1. The Morgan fingerprint density at radius 1 is 1.17 bits per heavy atom. The fraction of sp³-hybridized carbons (Fsp3) is 0.320. The van der Waals surface area contributed by atoms with Crippen LogP contribution >= 0.6 is 36.6 Å². The lowest BCUT2D eigenvalue weighted by molar-refractivity contribution is -0.117. The van der Waals surface area contributed by atoms with Crippen LogP contribution in [0.1, 0.15) is 30.5 Å². The summed E-state index contributed by atoms with van der Waals surface area (Å²) in [5, 5.41) is 13.4. The maximum Gasteiger partial charge on any atom is 0.258 e. The largest absolute Gasteiger partial charge is 0.492 e. The maximum absolute atomic E-state index is 12.9. The van der Waals surface area contributed by atoms with Crippen LogP contribution in [0.2, 0.25) is 0 Å². The lowest BCUT2D eigenvalue weighted by Gasteiger charge is -2.32. The van der Waals surface area contributed by atoms with E-state index in [1.54, 1.807) is 6.07 Å². The Morgan fingerprint density at radius 3 is 2.77 bits per heavy atom. The van der Waals surface area contributed by atoms with E-state index in [2.05, 4.69) is 25.7 Å². The first-order chi connectivity index (χ1) is 16.2. The predicted octanol–water partition coefficient (Wildman–Crippen LogP) is 4.55. The molecule has 0 radical (unpaired) electrons. The molecule has 0 spiro atoms. The van der Waals surface area contributed by atoms with Gasteiger partial charge in [0.25, 0.3) is 5.91 Å². The summed E-state index contributed by atoms with van der Waals surface area (Å²) >= 11 is 1.49. The Labute approximate surface area is 221 Å². The van der Waals surface area contributed by atoms with Gasteiger partial charge in [-0.15, -0.1) is 24.8 Å². The molecule has 0 aliphatic carbocycles. The number of likely N-dealkylation sites (tertiary alicyclic amines) is 1. The zero-order valence-corrected chi connectivity index (χ0v) is 21.5. The molecule has 5 rings (SSSR count). The summed E-state index contributed by atoms with van der Waals surface area (Å²) in [4.78, 5) is 20.5. The molecule has 1 saturated heterocycles. The number of nitrogens with one attached hydrogen (secondary N) is 1. The summed E-state index contributed by atoms with van der Waals surface area (Å²) in [5.74, 6) is 0.642. The van der Waals surface area contributed by atoms with Gasteiger partial charge in [0, 0.05) is 25.7 Å². The van der Waals surface area contributed by atoms with Crippen LogP contribution in [-0.2, 0) is 4.79 Å². The fourth-order valence-electron chi connectivity index (χ4n) is 4.31. The van der Waals surface area contributed by atoms with Crippen LogP contribution in [0.4, 0.5) is 0 Å². The molecule has 1 amide bonds. The summed E-state index contributed by atoms with van der Waals surface area (Å²) in [6.07, 6.45) is 6.52. The second-order valence-corrected chi connectivity index (χ2v) is 9.31. The quantitative estimate of drug-likeness (QED) is 0.450. The van der Waals surface area contributed by atoms with Gasteiger partial charge in [-0.25, -0.2) is 4.98 Å². The molecule has 10 heteroatoms. The molecule has 1 aromatic carbocycles. The van der Waals surface area contributed by atoms with Crippen molar-refractivity contribution in [3.8, 4) is 11.8 Å². The Morgan fingerprint density at radius 2 is 1.97 bits per heavy atom. The summed E-state index contributed by atoms with van der Waals surface area (Å²) in [5.41, 5.74) is 2.41. The number of halogens is 2. The molecule has 0 saturated carbocycles. The first-order valence-corrected chi connectivity index (χ1v) is 12.0. The van der Waals surface area contributed by atoms with Crippen LogP contribution < -0.4 is 10.1 Å². The number of piperidine rings is 1. The standard InChI is InChI=1S/C25H25N5O2S.2ClH/c26-16-18-5-1-2-6-21(18)32-14-4-11-29-12-9-19(10-13-29)28-25(31)22-15-20-17-27-23-7-3-8-24(33-22)30(20)23;;/h1-3,5-8,15,17,19H,4,9-14H2,(H,28,31);2*1H. The molecule has 184 valence electrons. The van der Waals surface area contributed by atoms with Crippen LogP contribution in [0.3, 0.4) is 0 Å². The molecule has 0 unspecified atom stereocenters. The van der Waals surface area contributed by atoms with Gasteiger partial charge in [0.2, 0.25) is 0 Å². The van der Waals surface area contributed by atoms with Crippen molar-refractivity contribution in [3.05, 3.63) is 64.8 Å². The first kappa shape index (κ1) is 26.9. The van der Waals surface area contributed by atoms with Crippen molar-refractivity contribution >= 4 is 54.2 Å². The van der Waals surface area contributed by atoms with Crippen molar-refractivity contribution in [1.29, 1.82) is 5.26 Å². The van der Waals surface area contributed by atoms with E-state index in [1.807, 2.05) is 48.7 Å². The molecular weight excluding hydrogens is 505 g/mol. The third kappa shape index (κ3) is 6.11. The highest BCUT2D eigenvalue weighted by Gasteiger charge is 2.24. The average molecular weight is 532 g/mol. The number of hydrogen-bond donors (Lipinski definition) is 1. The number of carbonyl (C=O) groups is 1. The normalized spacial score (nSPS) is 15.3. The molecule has 35 heavy (non-hydrogen) atoms. The third-order valence-electron chi connectivity index (χ3n) is 6.04.